The maximum atomic E-state index is 12.6. The van der Waals surface area contributed by atoms with E-state index in [9.17, 15) is 4.39 Å². The maximum absolute atomic E-state index is 12.6. The molecule has 0 radical (unpaired) electrons. The van der Waals surface area contributed by atoms with Gasteiger partial charge in [0.2, 0.25) is 0 Å². The molecule has 1 aromatic carbocycles. The quantitative estimate of drug-likeness (QED) is 0.461. The molecule has 0 spiro atoms. The van der Waals surface area contributed by atoms with Crippen molar-refractivity contribution in [2.24, 2.45) is 0 Å². The van der Waals surface area contributed by atoms with Gasteiger partial charge >= 0.3 is 23.1 Å². The maximum Gasteiger partial charge on any atom is 2.00 e. The summed E-state index contributed by atoms with van der Waals surface area (Å²) in [5, 5.41) is 0. The third-order valence-electron chi connectivity index (χ3n) is 1.08. The number of hydrogen-bond donors (Lipinski definition) is 0. The number of benzene rings is 1. The Labute approximate surface area is 98.2 Å². The van der Waals surface area contributed by atoms with Gasteiger partial charge in [-0.25, -0.2) is 0 Å². The summed E-state index contributed by atoms with van der Waals surface area (Å²) in [6.45, 7) is 2.30. The first kappa shape index (κ1) is 14.7. The van der Waals surface area contributed by atoms with Gasteiger partial charge in [-0.3, -0.25) is 4.39 Å². The summed E-state index contributed by atoms with van der Waals surface area (Å²) in [4.78, 5) is 0. The van der Waals surface area contributed by atoms with Crippen molar-refractivity contribution in [3.05, 3.63) is 30.1 Å². The molecule has 0 heterocycles. The molecule has 1 aromatic rings. The minimum atomic E-state index is -0.357. The molecular weight excluding hydrogens is 235 g/mol. The summed E-state index contributed by atoms with van der Waals surface area (Å²) in [6.07, 6.45) is 0. The molecule has 1 nitrogen and oxygen atoms in total. The molecule has 62 valence electrons. The van der Waals surface area contributed by atoms with E-state index in [0.717, 1.165) is 0 Å². The van der Waals surface area contributed by atoms with E-state index in [4.69, 9.17) is 4.74 Å². The summed E-state index contributed by atoms with van der Waals surface area (Å²) >= 11 is 0. The van der Waals surface area contributed by atoms with Gasteiger partial charge in [-0.15, -0.1) is 12.1 Å². The minimum absolute atomic E-state index is 0. The van der Waals surface area contributed by atoms with Gasteiger partial charge in [0, 0.05) is 11.6 Å². The zero-order valence-electron chi connectivity index (χ0n) is 6.81. The van der Waals surface area contributed by atoms with Crippen LogP contribution in [0.1, 0.15) is 6.92 Å². The fraction of sp³-hybridized carbons (Fsp3) is 0.250. The predicted molar refractivity (Wildman–Crippen MR) is 42.2 cm³/mol. The normalized spacial score (nSPS) is 7.83. The molecule has 0 atom stereocenters. The first-order valence-corrected chi connectivity index (χ1v) is 3.13. The van der Waals surface area contributed by atoms with Gasteiger partial charge in [0.05, 0.1) is 6.61 Å². The molecule has 1 rings (SSSR count). The molecule has 0 unspecified atom stereocenters. The van der Waals surface area contributed by atoms with Crippen LogP contribution in [0, 0.1) is 11.9 Å². The van der Waals surface area contributed by atoms with E-state index < -0.39 is 0 Å². The molecule has 0 saturated heterocycles. The van der Waals surface area contributed by atoms with Crippen molar-refractivity contribution in [3.63, 3.8) is 0 Å². The standard InChI is InChI=1S/C8H8FO.BrH.Mg/c1-2-10-8-6-4-3-5-7(8)9;;/h4-6H,2H2,1H3;1H;/q-1;;+2/p-1. The Morgan fingerprint density at radius 3 is 2.75 bits per heavy atom. The van der Waals surface area contributed by atoms with E-state index >= 15 is 0 Å². The van der Waals surface area contributed by atoms with E-state index in [2.05, 4.69) is 6.07 Å². The van der Waals surface area contributed by atoms with Gasteiger partial charge in [0.25, 0.3) is 0 Å². The Bertz CT molecular complexity index is 220. The molecule has 12 heavy (non-hydrogen) atoms. The first-order chi connectivity index (χ1) is 4.84. The molecule has 0 aromatic heterocycles. The van der Waals surface area contributed by atoms with Gasteiger partial charge in [0.1, 0.15) is 0 Å². The van der Waals surface area contributed by atoms with Crippen molar-refractivity contribution >= 4 is 23.1 Å². The summed E-state index contributed by atoms with van der Waals surface area (Å²) < 4.78 is 17.6. The third kappa shape index (κ3) is 4.28. The molecular formula is C8H8BrFMgO. The van der Waals surface area contributed by atoms with Crippen molar-refractivity contribution in [2.45, 2.75) is 6.92 Å². The fourth-order valence-corrected chi connectivity index (χ4v) is 0.668. The van der Waals surface area contributed by atoms with Crippen LogP contribution in [-0.4, -0.2) is 29.7 Å². The van der Waals surface area contributed by atoms with E-state index in [0.29, 0.717) is 12.4 Å². The molecule has 0 bridgehead atoms. The Balaban J connectivity index is 0. The van der Waals surface area contributed by atoms with Crippen LogP contribution in [0.3, 0.4) is 0 Å². The summed E-state index contributed by atoms with van der Waals surface area (Å²) in [7, 11) is 0. The Kier molecular flexibility index (Phi) is 9.59. The number of rotatable bonds is 2. The van der Waals surface area contributed by atoms with Crippen LogP contribution in [-0.2, 0) is 0 Å². The smallest absolute Gasteiger partial charge is 1.00 e. The average molecular weight is 243 g/mol. The van der Waals surface area contributed by atoms with Crippen LogP contribution in [0.5, 0.6) is 5.75 Å². The second-order valence-electron chi connectivity index (χ2n) is 1.79. The number of hydrogen-bond acceptors (Lipinski definition) is 1. The average Bonchev–Trinajstić information content (AvgIpc) is 1.94. The van der Waals surface area contributed by atoms with E-state index in [1.54, 1.807) is 12.1 Å². The molecule has 0 N–H and O–H groups in total. The molecule has 0 aliphatic heterocycles. The Morgan fingerprint density at radius 1 is 1.58 bits per heavy atom. The van der Waals surface area contributed by atoms with E-state index in [-0.39, 0.29) is 45.9 Å². The molecule has 0 aliphatic carbocycles. The zero-order chi connectivity index (χ0) is 7.40. The van der Waals surface area contributed by atoms with Crippen molar-refractivity contribution in [1.82, 2.24) is 0 Å². The summed E-state index contributed by atoms with van der Waals surface area (Å²) in [5.74, 6) is -0.0643. The van der Waals surface area contributed by atoms with Crippen molar-refractivity contribution in [3.8, 4) is 5.75 Å². The largest absolute Gasteiger partial charge is 2.00 e. The van der Waals surface area contributed by atoms with Crippen LogP contribution in [0.4, 0.5) is 4.39 Å². The predicted octanol–water partition coefficient (Wildman–Crippen LogP) is -1.35. The van der Waals surface area contributed by atoms with E-state index in [1.165, 1.54) is 6.07 Å². The van der Waals surface area contributed by atoms with Gasteiger partial charge in [-0.1, -0.05) is 0 Å². The third-order valence-corrected chi connectivity index (χ3v) is 1.08. The van der Waals surface area contributed by atoms with Crippen LogP contribution in [0.25, 0.3) is 0 Å². The van der Waals surface area contributed by atoms with Crippen molar-refractivity contribution < 1.29 is 26.1 Å². The van der Waals surface area contributed by atoms with Gasteiger partial charge in [-0.05, 0) is 6.92 Å². The van der Waals surface area contributed by atoms with Crippen LogP contribution in [0.15, 0.2) is 18.2 Å². The van der Waals surface area contributed by atoms with Crippen molar-refractivity contribution in [2.75, 3.05) is 6.61 Å². The second kappa shape index (κ2) is 7.83. The first-order valence-electron chi connectivity index (χ1n) is 3.13. The van der Waals surface area contributed by atoms with Crippen LogP contribution < -0.4 is 21.7 Å². The van der Waals surface area contributed by atoms with Gasteiger partial charge < -0.3 is 21.7 Å². The molecule has 4 heteroatoms. The monoisotopic (exact) mass is 242 g/mol. The minimum Gasteiger partial charge on any atom is -1.00 e. The summed E-state index contributed by atoms with van der Waals surface area (Å²) in [5.41, 5.74) is 0. The SMILES string of the molecule is CCOc1cc[c-]cc1F.[Br-].[Mg+2]. The van der Waals surface area contributed by atoms with E-state index in [1.807, 2.05) is 6.92 Å². The van der Waals surface area contributed by atoms with Gasteiger partial charge in [0.15, 0.2) is 0 Å². The number of halogens is 2. The number of ether oxygens (including phenoxy) is 1. The van der Waals surface area contributed by atoms with Gasteiger partial charge in [-0.2, -0.15) is 12.1 Å². The topological polar surface area (TPSA) is 9.23 Å². The molecule has 0 saturated carbocycles. The van der Waals surface area contributed by atoms with Crippen molar-refractivity contribution in [1.29, 1.82) is 0 Å². The fourth-order valence-electron chi connectivity index (χ4n) is 0.668. The molecule has 0 amide bonds. The molecule has 0 aliphatic rings. The van der Waals surface area contributed by atoms with Crippen LogP contribution >= 0.6 is 0 Å². The summed E-state index contributed by atoms with van der Waals surface area (Å²) in [6, 6.07) is 7.03. The Morgan fingerprint density at radius 2 is 2.25 bits per heavy atom. The second-order valence-corrected chi connectivity index (χ2v) is 1.79. The Hall–Kier alpha value is 0.196. The molecule has 0 fully saturated rings. The zero-order valence-corrected chi connectivity index (χ0v) is 9.81. The van der Waals surface area contributed by atoms with Crippen LogP contribution in [0.2, 0.25) is 0 Å².